The number of carbonyl (C=O) groups is 2. The number of hydrogen-bond acceptors (Lipinski definition) is 2. The van der Waals surface area contributed by atoms with E-state index in [9.17, 15) is 9.59 Å². The lowest BCUT2D eigenvalue weighted by Gasteiger charge is -2.08. The number of benzene rings is 1. The maximum atomic E-state index is 12.1. The van der Waals surface area contributed by atoms with E-state index in [2.05, 4.69) is 21.2 Å². The molecule has 5 nitrogen and oxygen atoms in total. The second kappa shape index (κ2) is 5.68. The average molecular weight is 358 g/mol. The summed E-state index contributed by atoms with van der Waals surface area (Å²) in [4.78, 5) is 23.0. The third kappa shape index (κ3) is 3.02. The summed E-state index contributed by atoms with van der Waals surface area (Å²) in [6.45, 7) is 0. The fraction of sp³-hybridized carbons (Fsp3) is 0.0769. The number of carboxylic acid groups (broad SMARTS) is 1. The molecule has 0 bridgehead atoms. The number of amides is 1. The van der Waals surface area contributed by atoms with Gasteiger partial charge in [0.2, 0.25) is 0 Å². The number of nitrogens with one attached hydrogen (secondary N) is 1. The van der Waals surface area contributed by atoms with E-state index in [-0.39, 0.29) is 22.2 Å². The molecule has 0 aliphatic carbocycles. The van der Waals surface area contributed by atoms with Crippen LogP contribution in [0.15, 0.2) is 34.9 Å². The van der Waals surface area contributed by atoms with E-state index in [4.69, 9.17) is 16.7 Å². The Morgan fingerprint density at radius 2 is 2.05 bits per heavy atom. The lowest BCUT2D eigenvalue weighted by atomic mass is 10.2. The smallest absolute Gasteiger partial charge is 0.335 e. The number of carboxylic acids is 1. The number of anilines is 1. The van der Waals surface area contributed by atoms with Crippen molar-refractivity contribution in [3.05, 3.63) is 51.2 Å². The van der Waals surface area contributed by atoms with Gasteiger partial charge in [-0.25, -0.2) is 4.79 Å². The van der Waals surface area contributed by atoms with Crippen LogP contribution in [0.25, 0.3) is 0 Å². The van der Waals surface area contributed by atoms with Gasteiger partial charge < -0.3 is 15.0 Å². The third-order valence-electron chi connectivity index (χ3n) is 2.67. The van der Waals surface area contributed by atoms with E-state index in [1.165, 1.54) is 18.2 Å². The van der Waals surface area contributed by atoms with Crippen LogP contribution in [-0.4, -0.2) is 21.6 Å². The molecule has 0 atom stereocenters. The number of halogens is 2. The van der Waals surface area contributed by atoms with E-state index in [0.29, 0.717) is 5.69 Å². The summed E-state index contributed by atoms with van der Waals surface area (Å²) < 4.78 is 2.42. The molecule has 1 aromatic heterocycles. The van der Waals surface area contributed by atoms with Crippen molar-refractivity contribution in [3.63, 3.8) is 0 Å². The highest BCUT2D eigenvalue weighted by Crippen LogP contribution is 2.24. The molecular weight excluding hydrogens is 348 g/mol. The SMILES string of the molecule is Cn1cc(Br)cc1C(=O)Nc1cc(C(=O)O)ccc1Cl. The molecule has 1 heterocycles. The summed E-state index contributed by atoms with van der Waals surface area (Å²) in [6.07, 6.45) is 1.74. The molecule has 0 fully saturated rings. The zero-order valence-electron chi connectivity index (χ0n) is 10.4. The highest BCUT2D eigenvalue weighted by Gasteiger charge is 2.14. The number of aromatic carboxylic acids is 1. The third-order valence-corrected chi connectivity index (χ3v) is 3.43. The van der Waals surface area contributed by atoms with Crippen molar-refractivity contribution in [3.8, 4) is 0 Å². The number of carbonyl (C=O) groups excluding carboxylic acids is 1. The van der Waals surface area contributed by atoms with Gasteiger partial charge in [-0.2, -0.15) is 0 Å². The standard InChI is InChI=1S/C13H10BrClN2O3/c1-17-6-8(14)5-11(17)12(18)16-10-4-7(13(19)20)2-3-9(10)15/h2-6H,1H3,(H,16,18)(H,19,20). The Morgan fingerprint density at radius 3 is 2.60 bits per heavy atom. The Labute approximate surface area is 128 Å². The topological polar surface area (TPSA) is 71.3 Å². The normalized spacial score (nSPS) is 10.3. The number of nitrogens with zero attached hydrogens (tertiary/aromatic N) is 1. The van der Waals surface area contributed by atoms with E-state index >= 15 is 0 Å². The maximum absolute atomic E-state index is 12.1. The highest BCUT2D eigenvalue weighted by molar-refractivity contribution is 9.10. The zero-order chi connectivity index (χ0) is 14.9. The molecule has 0 unspecified atom stereocenters. The van der Waals surface area contributed by atoms with Crippen molar-refractivity contribution in [2.24, 2.45) is 7.05 Å². The molecule has 2 rings (SSSR count). The summed E-state index contributed by atoms with van der Waals surface area (Å²) in [6, 6.07) is 5.78. The van der Waals surface area contributed by atoms with Gasteiger partial charge >= 0.3 is 5.97 Å². The zero-order valence-corrected chi connectivity index (χ0v) is 12.7. The molecule has 0 spiro atoms. The number of aromatic nitrogens is 1. The molecule has 104 valence electrons. The van der Waals surface area contributed by atoms with Crippen LogP contribution in [0, 0.1) is 0 Å². The van der Waals surface area contributed by atoms with Crippen LogP contribution in [0.1, 0.15) is 20.8 Å². The van der Waals surface area contributed by atoms with Crippen molar-refractivity contribution in [2.75, 3.05) is 5.32 Å². The minimum absolute atomic E-state index is 0.0535. The predicted molar refractivity (Wildman–Crippen MR) is 79.5 cm³/mol. The minimum Gasteiger partial charge on any atom is -0.478 e. The Bertz CT molecular complexity index is 697. The van der Waals surface area contributed by atoms with Gasteiger partial charge in [0.05, 0.1) is 16.3 Å². The molecule has 0 saturated carbocycles. The molecule has 1 amide bonds. The fourth-order valence-corrected chi connectivity index (χ4v) is 2.38. The number of hydrogen-bond donors (Lipinski definition) is 2. The van der Waals surface area contributed by atoms with Crippen molar-refractivity contribution in [1.29, 1.82) is 0 Å². The molecule has 0 aliphatic heterocycles. The fourth-order valence-electron chi connectivity index (χ4n) is 1.69. The maximum Gasteiger partial charge on any atom is 0.335 e. The Balaban J connectivity index is 2.30. The first-order chi connectivity index (χ1) is 9.38. The highest BCUT2D eigenvalue weighted by atomic mass is 79.9. The lowest BCUT2D eigenvalue weighted by Crippen LogP contribution is -2.16. The van der Waals surface area contributed by atoms with Crippen molar-refractivity contribution < 1.29 is 14.7 Å². The van der Waals surface area contributed by atoms with Crippen molar-refractivity contribution in [1.82, 2.24) is 4.57 Å². The lowest BCUT2D eigenvalue weighted by molar-refractivity contribution is 0.0696. The van der Waals surface area contributed by atoms with E-state index in [1.807, 2.05) is 0 Å². The van der Waals surface area contributed by atoms with Gasteiger partial charge in [-0.05, 0) is 40.2 Å². The van der Waals surface area contributed by atoms with Gasteiger partial charge in [0, 0.05) is 17.7 Å². The number of aryl methyl sites for hydroxylation is 1. The van der Waals surface area contributed by atoms with Gasteiger partial charge in [0.25, 0.3) is 5.91 Å². The van der Waals surface area contributed by atoms with Crippen LogP contribution in [0.3, 0.4) is 0 Å². The summed E-state index contributed by atoms with van der Waals surface area (Å²) in [7, 11) is 1.73. The first kappa shape index (κ1) is 14.6. The molecule has 0 saturated heterocycles. The number of rotatable bonds is 3. The quantitative estimate of drug-likeness (QED) is 0.884. The van der Waals surface area contributed by atoms with Crippen LogP contribution in [0.2, 0.25) is 5.02 Å². The second-order valence-corrected chi connectivity index (χ2v) is 5.43. The first-order valence-electron chi connectivity index (χ1n) is 5.54. The van der Waals surface area contributed by atoms with Gasteiger partial charge in [0.1, 0.15) is 5.69 Å². The Kier molecular flexibility index (Phi) is 4.15. The summed E-state index contributed by atoms with van der Waals surface area (Å²) in [5.74, 6) is -1.46. The Hall–Kier alpha value is -1.79. The van der Waals surface area contributed by atoms with Gasteiger partial charge in [-0.1, -0.05) is 11.6 Å². The van der Waals surface area contributed by atoms with E-state index in [1.54, 1.807) is 23.9 Å². The van der Waals surface area contributed by atoms with Crippen LogP contribution in [-0.2, 0) is 7.05 Å². The van der Waals surface area contributed by atoms with Gasteiger partial charge in [-0.3, -0.25) is 4.79 Å². The van der Waals surface area contributed by atoms with Crippen LogP contribution < -0.4 is 5.32 Å². The largest absolute Gasteiger partial charge is 0.478 e. The van der Waals surface area contributed by atoms with Crippen LogP contribution >= 0.6 is 27.5 Å². The van der Waals surface area contributed by atoms with Crippen molar-refractivity contribution in [2.45, 2.75) is 0 Å². The second-order valence-electron chi connectivity index (χ2n) is 4.11. The minimum atomic E-state index is -1.08. The average Bonchev–Trinajstić information content (AvgIpc) is 2.71. The first-order valence-corrected chi connectivity index (χ1v) is 6.71. The monoisotopic (exact) mass is 356 g/mol. The molecule has 0 aliphatic rings. The Morgan fingerprint density at radius 1 is 1.35 bits per heavy atom. The molecule has 1 aromatic carbocycles. The molecule has 7 heteroatoms. The molecule has 0 radical (unpaired) electrons. The van der Waals surface area contributed by atoms with Gasteiger partial charge in [0.15, 0.2) is 0 Å². The predicted octanol–water partition coefficient (Wildman–Crippen LogP) is 3.39. The van der Waals surface area contributed by atoms with E-state index < -0.39 is 5.97 Å². The van der Waals surface area contributed by atoms with Gasteiger partial charge in [-0.15, -0.1) is 0 Å². The summed E-state index contributed by atoms with van der Waals surface area (Å²) >= 11 is 9.23. The van der Waals surface area contributed by atoms with Crippen LogP contribution in [0.4, 0.5) is 5.69 Å². The van der Waals surface area contributed by atoms with Crippen molar-refractivity contribution >= 4 is 45.1 Å². The molecule has 2 N–H and O–H groups in total. The molecule has 20 heavy (non-hydrogen) atoms. The molecule has 2 aromatic rings. The van der Waals surface area contributed by atoms with E-state index in [0.717, 1.165) is 4.47 Å². The summed E-state index contributed by atoms with van der Waals surface area (Å²) in [5, 5.41) is 11.8. The molecular formula is C13H10BrClN2O3. The summed E-state index contributed by atoms with van der Waals surface area (Å²) in [5.41, 5.74) is 0.736. The van der Waals surface area contributed by atoms with Crippen LogP contribution in [0.5, 0.6) is 0 Å².